The molecule has 0 aromatic carbocycles. The monoisotopic (exact) mass is 158 g/mol. The summed E-state index contributed by atoms with van der Waals surface area (Å²) in [6.07, 6.45) is 1.13. The Bertz CT molecular complexity index is 142. The van der Waals surface area contributed by atoms with Gasteiger partial charge >= 0.3 is 5.97 Å². The van der Waals surface area contributed by atoms with E-state index in [1.807, 2.05) is 6.92 Å². The first-order valence-corrected chi connectivity index (χ1v) is 3.40. The van der Waals surface area contributed by atoms with Gasteiger partial charge in [-0.2, -0.15) is 0 Å². The molecule has 0 heterocycles. The SMILES string of the molecule is C=CC(C)C(OC)C(=O)OC. The van der Waals surface area contributed by atoms with Gasteiger partial charge in [-0.15, -0.1) is 6.58 Å². The van der Waals surface area contributed by atoms with Gasteiger partial charge in [-0.05, 0) is 0 Å². The van der Waals surface area contributed by atoms with Crippen molar-refractivity contribution >= 4 is 5.97 Å². The average molecular weight is 158 g/mol. The minimum Gasteiger partial charge on any atom is -0.467 e. The highest BCUT2D eigenvalue weighted by molar-refractivity contribution is 5.75. The van der Waals surface area contributed by atoms with Crippen LogP contribution in [0.25, 0.3) is 0 Å². The Balaban J connectivity index is 4.14. The van der Waals surface area contributed by atoms with Crippen molar-refractivity contribution in [3.63, 3.8) is 0 Å². The minimum atomic E-state index is -0.530. The van der Waals surface area contributed by atoms with Crippen molar-refractivity contribution in [2.75, 3.05) is 14.2 Å². The van der Waals surface area contributed by atoms with Crippen molar-refractivity contribution in [3.8, 4) is 0 Å². The number of methoxy groups -OCH3 is 2. The standard InChI is InChI=1S/C8H14O3/c1-5-6(2)7(10-3)8(9)11-4/h5-7H,1H2,2-4H3. The molecule has 0 N–H and O–H groups in total. The summed E-state index contributed by atoms with van der Waals surface area (Å²) in [6, 6.07) is 0. The highest BCUT2D eigenvalue weighted by Crippen LogP contribution is 2.08. The quantitative estimate of drug-likeness (QED) is 0.452. The highest BCUT2D eigenvalue weighted by atomic mass is 16.6. The van der Waals surface area contributed by atoms with Crippen LogP contribution in [-0.2, 0) is 14.3 Å². The number of ether oxygens (including phenoxy) is 2. The number of esters is 1. The Labute approximate surface area is 67.0 Å². The molecule has 0 aromatic rings. The van der Waals surface area contributed by atoms with Crippen molar-refractivity contribution < 1.29 is 14.3 Å². The van der Waals surface area contributed by atoms with Gasteiger partial charge in [-0.25, -0.2) is 4.79 Å². The van der Waals surface area contributed by atoms with Gasteiger partial charge < -0.3 is 9.47 Å². The van der Waals surface area contributed by atoms with Crippen LogP contribution in [-0.4, -0.2) is 26.3 Å². The fourth-order valence-corrected chi connectivity index (χ4v) is 0.765. The van der Waals surface area contributed by atoms with Gasteiger partial charge in [0, 0.05) is 13.0 Å². The first-order valence-electron chi connectivity index (χ1n) is 3.40. The van der Waals surface area contributed by atoms with E-state index >= 15 is 0 Å². The van der Waals surface area contributed by atoms with Gasteiger partial charge in [0.15, 0.2) is 6.10 Å². The number of hydrogen-bond acceptors (Lipinski definition) is 3. The number of carbonyl (C=O) groups is 1. The third kappa shape index (κ3) is 2.72. The van der Waals surface area contributed by atoms with Crippen molar-refractivity contribution in [1.82, 2.24) is 0 Å². The summed E-state index contributed by atoms with van der Waals surface area (Å²) in [5.74, 6) is -0.382. The van der Waals surface area contributed by atoms with Crippen LogP contribution in [0.5, 0.6) is 0 Å². The second-order valence-electron chi connectivity index (χ2n) is 2.27. The number of rotatable bonds is 4. The van der Waals surface area contributed by atoms with Gasteiger partial charge in [0.25, 0.3) is 0 Å². The molecule has 0 spiro atoms. The van der Waals surface area contributed by atoms with Crippen LogP contribution in [0.3, 0.4) is 0 Å². The summed E-state index contributed by atoms with van der Waals surface area (Å²) >= 11 is 0. The second-order valence-corrected chi connectivity index (χ2v) is 2.27. The summed E-state index contributed by atoms with van der Waals surface area (Å²) in [6.45, 7) is 5.40. The molecule has 0 fully saturated rings. The van der Waals surface area contributed by atoms with E-state index in [9.17, 15) is 4.79 Å². The van der Waals surface area contributed by atoms with Gasteiger partial charge in [0.05, 0.1) is 7.11 Å². The Morgan fingerprint density at radius 2 is 2.09 bits per heavy atom. The van der Waals surface area contributed by atoms with Crippen LogP contribution in [0.4, 0.5) is 0 Å². The molecule has 0 saturated heterocycles. The molecule has 0 aliphatic heterocycles. The molecule has 0 bridgehead atoms. The van der Waals surface area contributed by atoms with Crippen LogP contribution in [0.2, 0.25) is 0 Å². The van der Waals surface area contributed by atoms with Crippen LogP contribution < -0.4 is 0 Å². The van der Waals surface area contributed by atoms with E-state index in [1.165, 1.54) is 14.2 Å². The van der Waals surface area contributed by atoms with E-state index < -0.39 is 6.10 Å². The lowest BCUT2D eigenvalue weighted by molar-refractivity contribution is -0.154. The molecule has 3 heteroatoms. The summed E-state index contributed by atoms with van der Waals surface area (Å²) in [5, 5.41) is 0. The van der Waals surface area contributed by atoms with E-state index in [4.69, 9.17) is 4.74 Å². The normalized spacial score (nSPS) is 15.2. The summed E-state index contributed by atoms with van der Waals surface area (Å²) in [5.41, 5.74) is 0. The molecule has 2 atom stereocenters. The predicted octanol–water partition coefficient (Wildman–Crippen LogP) is 0.996. The third-order valence-electron chi connectivity index (χ3n) is 1.54. The fourth-order valence-electron chi connectivity index (χ4n) is 0.765. The predicted molar refractivity (Wildman–Crippen MR) is 42.2 cm³/mol. The van der Waals surface area contributed by atoms with E-state index in [0.717, 1.165) is 0 Å². The van der Waals surface area contributed by atoms with Crippen molar-refractivity contribution in [1.29, 1.82) is 0 Å². The maximum Gasteiger partial charge on any atom is 0.335 e. The zero-order chi connectivity index (χ0) is 8.85. The largest absolute Gasteiger partial charge is 0.467 e. The van der Waals surface area contributed by atoms with Crippen LogP contribution in [0.1, 0.15) is 6.92 Å². The molecule has 2 unspecified atom stereocenters. The molecule has 0 aromatic heterocycles. The third-order valence-corrected chi connectivity index (χ3v) is 1.54. The van der Waals surface area contributed by atoms with E-state index in [2.05, 4.69) is 11.3 Å². The maximum atomic E-state index is 10.9. The summed E-state index contributed by atoms with van der Waals surface area (Å²) in [7, 11) is 2.81. The molecule has 64 valence electrons. The average Bonchev–Trinajstić information content (AvgIpc) is 2.05. The van der Waals surface area contributed by atoms with Gasteiger partial charge in [-0.3, -0.25) is 0 Å². The zero-order valence-electron chi connectivity index (χ0n) is 7.16. The van der Waals surface area contributed by atoms with Crippen LogP contribution in [0, 0.1) is 5.92 Å². The highest BCUT2D eigenvalue weighted by Gasteiger charge is 2.22. The molecule has 0 aliphatic rings. The molecule has 0 radical (unpaired) electrons. The van der Waals surface area contributed by atoms with Gasteiger partial charge in [-0.1, -0.05) is 13.0 Å². The second kappa shape index (κ2) is 4.91. The topological polar surface area (TPSA) is 35.5 Å². The molecule has 0 aliphatic carbocycles. The van der Waals surface area contributed by atoms with E-state index in [-0.39, 0.29) is 11.9 Å². The molecule has 0 rings (SSSR count). The van der Waals surface area contributed by atoms with Crippen molar-refractivity contribution in [2.45, 2.75) is 13.0 Å². The van der Waals surface area contributed by atoms with Crippen LogP contribution in [0.15, 0.2) is 12.7 Å². The van der Waals surface area contributed by atoms with E-state index in [0.29, 0.717) is 0 Å². The first-order chi connectivity index (χ1) is 5.17. The fraction of sp³-hybridized carbons (Fsp3) is 0.625. The molecule has 0 saturated carbocycles. The Morgan fingerprint density at radius 3 is 2.36 bits per heavy atom. The van der Waals surface area contributed by atoms with Crippen molar-refractivity contribution in [2.24, 2.45) is 5.92 Å². The molecule has 0 amide bonds. The first kappa shape index (κ1) is 10.2. The zero-order valence-corrected chi connectivity index (χ0v) is 7.16. The molecular weight excluding hydrogens is 144 g/mol. The Morgan fingerprint density at radius 1 is 1.55 bits per heavy atom. The van der Waals surface area contributed by atoms with Gasteiger partial charge in [0.1, 0.15) is 0 Å². The Hall–Kier alpha value is -0.830. The number of carbonyl (C=O) groups excluding carboxylic acids is 1. The molecular formula is C8H14O3. The molecule has 11 heavy (non-hydrogen) atoms. The lowest BCUT2D eigenvalue weighted by atomic mass is 10.1. The summed E-state index contributed by atoms with van der Waals surface area (Å²) in [4.78, 5) is 10.9. The minimum absolute atomic E-state index is 0.0209. The number of hydrogen-bond donors (Lipinski definition) is 0. The maximum absolute atomic E-state index is 10.9. The lowest BCUT2D eigenvalue weighted by Gasteiger charge is -2.16. The molecule has 3 nitrogen and oxygen atoms in total. The van der Waals surface area contributed by atoms with Crippen molar-refractivity contribution in [3.05, 3.63) is 12.7 Å². The smallest absolute Gasteiger partial charge is 0.335 e. The van der Waals surface area contributed by atoms with E-state index in [1.54, 1.807) is 6.08 Å². The summed E-state index contributed by atoms with van der Waals surface area (Å²) < 4.78 is 9.42. The van der Waals surface area contributed by atoms with Gasteiger partial charge in [0.2, 0.25) is 0 Å². The lowest BCUT2D eigenvalue weighted by Crippen LogP contribution is -2.29. The Kier molecular flexibility index (Phi) is 4.54. The van der Waals surface area contributed by atoms with Crippen LogP contribution >= 0.6 is 0 Å².